The quantitative estimate of drug-likeness (QED) is 0.312. The number of carbonyl (C=O) groups excluding carboxylic acids is 1. The maximum atomic E-state index is 10.9. The van der Waals surface area contributed by atoms with E-state index in [9.17, 15) is 4.79 Å². The molecule has 1 aromatic carbocycles. The van der Waals surface area contributed by atoms with Crippen LogP contribution in [0.2, 0.25) is 0 Å². The number of hydrogen-bond acceptors (Lipinski definition) is 3. The van der Waals surface area contributed by atoms with Crippen LogP contribution in [0, 0.1) is 0 Å². The lowest BCUT2D eigenvalue weighted by Crippen LogP contribution is -1.92. The third kappa shape index (κ3) is 1.92. The Bertz CT molecular complexity index is 318. The van der Waals surface area contributed by atoms with Crippen molar-refractivity contribution >= 4 is 12.0 Å². The Morgan fingerprint density at radius 3 is 2.92 bits per heavy atom. The number of oxime groups is 1. The van der Waals surface area contributed by atoms with Crippen LogP contribution in [0.4, 0.5) is 0 Å². The van der Waals surface area contributed by atoms with Gasteiger partial charge >= 0.3 is 0 Å². The van der Waals surface area contributed by atoms with Crippen LogP contribution in [0.1, 0.15) is 22.8 Å². The van der Waals surface area contributed by atoms with Gasteiger partial charge in [0.05, 0.1) is 6.21 Å². The fraction of sp³-hybridized carbons (Fsp3) is 0.111. The molecule has 0 fully saturated rings. The number of carbonyl (C=O) groups is 1. The first-order valence-corrected chi connectivity index (χ1v) is 3.52. The predicted molar refractivity (Wildman–Crippen MR) is 45.8 cm³/mol. The van der Waals surface area contributed by atoms with E-state index in [0.717, 1.165) is 0 Å². The minimum atomic E-state index is 0.00295. The van der Waals surface area contributed by atoms with Crippen LogP contribution in [0.5, 0.6) is 0 Å². The number of nitrogens with zero attached hydrogens (tertiary/aromatic N) is 1. The largest absolute Gasteiger partial charge is 0.411 e. The lowest BCUT2D eigenvalue weighted by molar-refractivity contribution is 0.101. The Labute approximate surface area is 70.3 Å². The summed E-state index contributed by atoms with van der Waals surface area (Å²) in [5.74, 6) is 0.00295. The van der Waals surface area contributed by atoms with Crippen LogP contribution in [-0.2, 0) is 0 Å². The van der Waals surface area contributed by atoms with Crippen molar-refractivity contribution in [1.29, 1.82) is 0 Å². The molecule has 0 spiro atoms. The maximum absolute atomic E-state index is 10.9. The van der Waals surface area contributed by atoms with E-state index < -0.39 is 0 Å². The molecule has 0 aromatic heterocycles. The lowest BCUT2D eigenvalue weighted by atomic mass is 10.1. The molecule has 0 aliphatic rings. The third-order valence-corrected chi connectivity index (χ3v) is 1.50. The van der Waals surface area contributed by atoms with E-state index in [2.05, 4.69) is 5.16 Å². The fourth-order valence-electron chi connectivity index (χ4n) is 0.905. The van der Waals surface area contributed by atoms with Gasteiger partial charge in [-0.25, -0.2) is 0 Å². The summed E-state index contributed by atoms with van der Waals surface area (Å²) < 4.78 is 0. The topological polar surface area (TPSA) is 49.7 Å². The highest BCUT2D eigenvalue weighted by atomic mass is 16.4. The van der Waals surface area contributed by atoms with Crippen molar-refractivity contribution < 1.29 is 10.0 Å². The van der Waals surface area contributed by atoms with Gasteiger partial charge in [0.1, 0.15) is 0 Å². The normalized spacial score (nSPS) is 10.4. The van der Waals surface area contributed by atoms with E-state index in [4.69, 9.17) is 5.21 Å². The molecule has 0 saturated heterocycles. The molecule has 0 saturated carbocycles. The second kappa shape index (κ2) is 3.67. The molecule has 1 aromatic rings. The minimum absolute atomic E-state index is 0.00295. The standard InChI is InChI=1S/C9H9NO2/c1-7(11)9-4-2-3-8(5-9)6-10-12/h2-6,12H,1H3. The van der Waals surface area contributed by atoms with Crippen LogP contribution >= 0.6 is 0 Å². The highest BCUT2D eigenvalue weighted by Crippen LogP contribution is 2.03. The molecule has 0 aliphatic carbocycles. The van der Waals surface area contributed by atoms with Gasteiger partial charge < -0.3 is 5.21 Å². The summed E-state index contributed by atoms with van der Waals surface area (Å²) in [6.07, 6.45) is 1.28. The first kappa shape index (κ1) is 8.46. The number of benzene rings is 1. The number of Topliss-reactive ketones (excluding diaryl/α,β-unsaturated/α-hetero) is 1. The average molecular weight is 163 g/mol. The molecule has 3 heteroatoms. The molecule has 0 atom stereocenters. The van der Waals surface area contributed by atoms with Crippen LogP contribution in [-0.4, -0.2) is 17.2 Å². The van der Waals surface area contributed by atoms with Crippen molar-refractivity contribution in [2.45, 2.75) is 6.92 Å². The highest BCUT2D eigenvalue weighted by Gasteiger charge is 1.97. The Hall–Kier alpha value is -1.64. The highest BCUT2D eigenvalue weighted by molar-refractivity contribution is 5.95. The molecule has 0 bridgehead atoms. The molecular weight excluding hydrogens is 154 g/mol. The number of rotatable bonds is 2. The van der Waals surface area contributed by atoms with E-state index >= 15 is 0 Å². The van der Waals surface area contributed by atoms with Crippen molar-refractivity contribution in [3.8, 4) is 0 Å². The summed E-state index contributed by atoms with van der Waals surface area (Å²) in [5.41, 5.74) is 1.33. The van der Waals surface area contributed by atoms with Crippen molar-refractivity contribution in [2.75, 3.05) is 0 Å². The summed E-state index contributed by atoms with van der Waals surface area (Å²) in [6.45, 7) is 1.50. The summed E-state index contributed by atoms with van der Waals surface area (Å²) in [5, 5.41) is 11.1. The van der Waals surface area contributed by atoms with Gasteiger partial charge in [0.25, 0.3) is 0 Å². The van der Waals surface area contributed by atoms with Gasteiger partial charge in [0, 0.05) is 5.56 Å². The van der Waals surface area contributed by atoms with Crippen molar-refractivity contribution in [3.63, 3.8) is 0 Å². The zero-order valence-electron chi connectivity index (χ0n) is 6.69. The van der Waals surface area contributed by atoms with E-state index in [1.807, 2.05) is 0 Å². The van der Waals surface area contributed by atoms with Gasteiger partial charge in [-0.2, -0.15) is 0 Å². The zero-order valence-corrected chi connectivity index (χ0v) is 6.69. The average Bonchev–Trinajstić information content (AvgIpc) is 2.05. The van der Waals surface area contributed by atoms with Gasteiger partial charge in [-0.05, 0) is 18.6 Å². The molecule has 3 nitrogen and oxygen atoms in total. The van der Waals surface area contributed by atoms with Crippen LogP contribution in [0.25, 0.3) is 0 Å². The third-order valence-electron chi connectivity index (χ3n) is 1.50. The Morgan fingerprint density at radius 2 is 2.33 bits per heavy atom. The van der Waals surface area contributed by atoms with E-state index in [1.165, 1.54) is 13.1 Å². The van der Waals surface area contributed by atoms with Crippen molar-refractivity contribution in [2.24, 2.45) is 5.16 Å². The van der Waals surface area contributed by atoms with E-state index in [1.54, 1.807) is 24.3 Å². The SMILES string of the molecule is CC(=O)c1cccc(C=NO)c1. The molecule has 1 rings (SSSR count). The summed E-state index contributed by atoms with van der Waals surface area (Å²) in [7, 11) is 0. The summed E-state index contributed by atoms with van der Waals surface area (Å²) in [6, 6.07) is 6.89. The summed E-state index contributed by atoms with van der Waals surface area (Å²) >= 11 is 0. The van der Waals surface area contributed by atoms with Crippen molar-refractivity contribution in [3.05, 3.63) is 35.4 Å². The van der Waals surface area contributed by atoms with Crippen LogP contribution < -0.4 is 0 Å². The Balaban J connectivity index is 3.03. The van der Waals surface area contributed by atoms with Crippen molar-refractivity contribution in [1.82, 2.24) is 0 Å². The lowest BCUT2D eigenvalue weighted by Gasteiger charge is -1.95. The van der Waals surface area contributed by atoms with Gasteiger partial charge in [0.2, 0.25) is 0 Å². The van der Waals surface area contributed by atoms with Gasteiger partial charge in [-0.15, -0.1) is 0 Å². The predicted octanol–water partition coefficient (Wildman–Crippen LogP) is 1.70. The van der Waals surface area contributed by atoms with Crippen LogP contribution in [0.3, 0.4) is 0 Å². The molecule has 0 radical (unpaired) electrons. The molecular formula is C9H9NO2. The zero-order chi connectivity index (χ0) is 8.97. The monoisotopic (exact) mass is 163 g/mol. The van der Waals surface area contributed by atoms with E-state index in [-0.39, 0.29) is 5.78 Å². The molecule has 0 aliphatic heterocycles. The minimum Gasteiger partial charge on any atom is -0.411 e. The Morgan fingerprint density at radius 1 is 1.58 bits per heavy atom. The first-order chi connectivity index (χ1) is 5.74. The molecule has 12 heavy (non-hydrogen) atoms. The second-order valence-electron chi connectivity index (χ2n) is 2.43. The number of hydrogen-bond donors (Lipinski definition) is 1. The Kier molecular flexibility index (Phi) is 2.58. The molecule has 62 valence electrons. The summed E-state index contributed by atoms with van der Waals surface area (Å²) in [4.78, 5) is 10.9. The number of ketones is 1. The van der Waals surface area contributed by atoms with E-state index in [0.29, 0.717) is 11.1 Å². The molecule has 0 amide bonds. The maximum Gasteiger partial charge on any atom is 0.159 e. The fourth-order valence-corrected chi connectivity index (χ4v) is 0.905. The smallest absolute Gasteiger partial charge is 0.159 e. The van der Waals surface area contributed by atoms with Gasteiger partial charge in [0.15, 0.2) is 5.78 Å². The molecule has 1 N–H and O–H groups in total. The van der Waals surface area contributed by atoms with Gasteiger partial charge in [-0.3, -0.25) is 4.79 Å². The molecule has 0 unspecified atom stereocenters. The van der Waals surface area contributed by atoms with Crippen LogP contribution in [0.15, 0.2) is 29.4 Å². The molecule has 0 heterocycles. The van der Waals surface area contributed by atoms with Gasteiger partial charge in [-0.1, -0.05) is 23.4 Å². The second-order valence-corrected chi connectivity index (χ2v) is 2.43. The first-order valence-electron chi connectivity index (χ1n) is 3.52.